The molecule has 0 saturated carbocycles. The molecule has 3 aromatic rings. The van der Waals surface area contributed by atoms with E-state index in [2.05, 4.69) is 80.6 Å². The topological polar surface area (TPSA) is 27.7 Å². The normalized spacial score (nSPS) is 13.8. The predicted octanol–water partition coefficient (Wildman–Crippen LogP) is 5.37. The third-order valence-corrected chi connectivity index (χ3v) is 5.89. The largest absolute Gasteiger partial charge is 0.491 e. The third kappa shape index (κ3) is 3.57. The van der Waals surface area contributed by atoms with Gasteiger partial charge in [-0.3, -0.25) is 0 Å². The van der Waals surface area contributed by atoms with Crippen LogP contribution in [0.2, 0.25) is 0 Å². The van der Waals surface area contributed by atoms with Crippen molar-refractivity contribution in [2.45, 2.75) is 19.3 Å². The van der Waals surface area contributed by atoms with Crippen LogP contribution in [0.1, 0.15) is 29.2 Å². The molecule has 0 atom stereocenters. The van der Waals surface area contributed by atoms with Crippen LogP contribution < -0.4 is 4.74 Å². The Labute approximate surface area is 173 Å². The molecule has 1 aliphatic rings. The lowest BCUT2D eigenvalue weighted by molar-refractivity contribution is 0.0543. The summed E-state index contributed by atoms with van der Waals surface area (Å²) in [5.74, 6) is 0.909. The molecule has 3 aromatic carbocycles. The van der Waals surface area contributed by atoms with Gasteiger partial charge in [-0.15, -0.1) is 0 Å². The summed E-state index contributed by atoms with van der Waals surface area (Å²) in [5, 5.41) is 0. The number of rotatable bonds is 8. The van der Waals surface area contributed by atoms with Crippen molar-refractivity contribution in [1.82, 2.24) is 0 Å². The molecule has 0 aliphatic heterocycles. The van der Waals surface area contributed by atoms with E-state index in [0.717, 1.165) is 11.3 Å². The molecule has 0 saturated heterocycles. The SMILES string of the molecule is COCCOCCOc1ccc(C2(C)c3ccccc3-c3ccccc32)cc1C. The molecule has 0 N–H and O–H groups in total. The second-order valence-electron chi connectivity index (χ2n) is 7.65. The summed E-state index contributed by atoms with van der Waals surface area (Å²) in [4.78, 5) is 0. The molecule has 0 radical (unpaired) electrons. The van der Waals surface area contributed by atoms with Crippen LogP contribution in [0.3, 0.4) is 0 Å². The van der Waals surface area contributed by atoms with E-state index in [-0.39, 0.29) is 5.41 Å². The Kier molecular flexibility index (Phi) is 5.70. The number of methoxy groups -OCH3 is 1. The lowest BCUT2D eigenvalue weighted by atomic mass is 9.74. The molecular formula is C26H28O3. The van der Waals surface area contributed by atoms with E-state index in [9.17, 15) is 0 Å². The molecule has 0 bridgehead atoms. The van der Waals surface area contributed by atoms with Crippen molar-refractivity contribution in [1.29, 1.82) is 0 Å². The summed E-state index contributed by atoms with van der Waals surface area (Å²) in [6, 6.07) is 24.0. The van der Waals surface area contributed by atoms with Gasteiger partial charge in [0.05, 0.1) is 19.8 Å². The Morgan fingerprint density at radius 1 is 0.759 bits per heavy atom. The van der Waals surface area contributed by atoms with Crippen molar-refractivity contribution < 1.29 is 14.2 Å². The molecule has 1 aliphatic carbocycles. The van der Waals surface area contributed by atoms with Gasteiger partial charge < -0.3 is 14.2 Å². The third-order valence-electron chi connectivity index (χ3n) is 5.89. The first-order valence-electron chi connectivity index (χ1n) is 10.2. The van der Waals surface area contributed by atoms with Crippen LogP contribution in [-0.2, 0) is 14.9 Å². The van der Waals surface area contributed by atoms with Gasteiger partial charge in [0.2, 0.25) is 0 Å². The fourth-order valence-electron chi connectivity index (χ4n) is 4.34. The number of fused-ring (bicyclic) bond motifs is 3. The lowest BCUT2D eigenvalue weighted by Gasteiger charge is -2.29. The van der Waals surface area contributed by atoms with E-state index in [1.54, 1.807) is 7.11 Å². The highest BCUT2D eigenvalue weighted by Gasteiger charge is 2.40. The highest BCUT2D eigenvalue weighted by molar-refractivity contribution is 5.83. The zero-order chi connectivity index (χ0) is 20.3. The van der Waals surface area contributed by atoms with E-state index in [1.165, 1.54) is 27.8 Å². The maximum absolute atomic E-state index is 5.94. The molecule has 4 rings (SSSR count). The molecule has 0 amide bonds. The summed E-state index contributed by atoms with van der Waals surface area (Å²) >= 11 is 0. The number of benzene rings is 3. The van der Waals surface area contributed by atoms with Crippen LogP contribution in [0.4, 0.5) is 0 Å². The maximum Gasteiger partial charge on any atom is 0.122 e. The molecule has 29 heavy (non-hydrogen) atoms. The zero-order valence-corrected chi connectivity index (χ0v) is 17.4. The Morgan fingerprint density at radius 2 is 1.38 bits per heavy atom. The van der Waals surface area contributed by atoms with Crippen LogP contribution in [0, 0.1) is 6.92 Å². The summed E-state index contributed by atoms with van der Waals surface area (Å²) in [7, 11) is 1.67. The molecule has 3 nitrogen and oxygen atoms in total. The first-order chi connectivity index (χ1) is 14.2. The van der Waals surface area contributed by atoms with Gasteiger partial charge in [-0.25, -0.2) is 0 Å². The van der Waals surface area contributed by atoms with E-state index in [4.69, 9.17) is 14.2 Å². The molecule has 0 unspecified atom stereocenters. The minimum atomic E-state index is -0.167. The average Bonchev–Trinajstić information content (AvgIpc) is 3.02. The molecular weight excluding hydrogens is 360 g/mol. The van der Waals surface area contributed by atoms with Gasteiger partial charge in [-0.1, -0.05) is 60.7 Å². The average molecular weight is 389 g/mol. The van der Waals surface area contributed by atoms with Crippen LogP contribution >= 0.6 is 0 Å². The molecule has 0 fully saturated rings. The number of ether oxygens (including phenoxy) is 3. The first-order valence-corrected chi connectivity index (χ1v) is 10.2. The van der Waals surface area contributed by atoms with Gasteiger partial charge in [0.25, 0.3) is 0 Å². The fourth-order valence-corrected chi connectivity index (χ4v) is 4.34. The summed E-state index contributed by atoms with van der Waals surface area (Å²) in [5.41, 5.74) is 7.65. The minimum Gasteiger partial charge on any atom is -0.491 e. The summed E-state index contributed by atoms with van der Waals surface area (Å²) in [6.45, 7) is 6.73. The van der Waals surface area contributed by atoms with Gasteiger partial charge in [0, 0.05) is 12.5 Å². The second-order valence-corrected chi connectivity index (χ2v) is 7.65. The Hall–Kier alpha value is -2.62. The summed E-state index contributed by atoms with van der Waals surface area (Å²) in [6.07, 6.45) is 0. The molecule has 0 spiro atoms. The van der Waals surface area contributed by atoms with Crippen LogP contribution in [0.15, 0.2) is 66.7 Å². The predicted molar refractivity (Wildman–Crippen MR) is 117 cm³/mol. The number of hydrogen-bond donors (Lipinski definition) is 0. The van der Waals surface area contributed by atoms with Crippen LogP contribution in [0.25, 0.3) is 11.1 Å². The van der Waals surface area contributed by atoms with Crippen molar-refractivity contribution in [3.05, 3.63) is 89.0 Å². The monoisotopic (exact) mass is 388 g/mol. The van der Waals surface area contributed by atoms with Crippen molar-refractivity contribution >= 4 is 0 Å². The number of aryl methyl sites for hydroxylation is 1. The second kappa shape index (κ2) is 8.40. The van der Waals surface area contributed by atoms with E-state index in [1.807, 2.05) is 0 Å². The van der Waals surface area contributed by atoms with E-state index >= 15 is 0 Å². The molecule has 0 heterocycles. The highest BCUT2D eigenvalue weighted by atomic mass is 16.5. The van der Waals surface area contributed by atoms with Crippen LogP contribution in [0.5, 0.6) is 5.75 Å². The van der Waals surface area contributed by atoms with Crippen molar-refractivity contribution in [3.63, 3.8) is 0 Å². The Bertz CT molecular complexity index is 947. The summed E-state index contributed by atoms with van der Waals surface area (Å²) < 4.78 is 16.4. The van der Waals surface area contributed by atoms with Gasteiger partial charge in [-0.2, -0.15) is 0 Å². The van der Waals surface area contributed by atoms with Crippen molar-refractivity contribution in [2.24, 2.45) is 0 Å². The Balaban J connectivity index is 1.60. The van der Waals surface area contributed by atoms with Crippen molar-refractivity contribution in [3.8, 4) is 16.9 Å². The minimum absolute atomic E-state index is 0.167. The zero-order valence-electron chi connectivity index (χ0n) is 17.4. The number of hydrogen-bond acceptors (Lipinski definition) is 3. The fraction of sp³-hybridized carbons (Fsp3) is 0.308. The standard InChI is InChI=1S/C26H28O3/c1-19-18-20(12-13-25(19)29-17-16-28-15-14-27-3)26(2)23-10-6-4-8-21(23)22-9-5-7-11-24(22)26/h4-13,18H,14-17H2,1-3H3. The van der Waals surface area contributed by atoms with E-state index in [0.29, 0.717) is 26.4 Å². The lowest BCUT2D eigenvalue weighted by Crippen LogP contribution is -2.22. The van der Waals surface area contributed by atoms with Gasteiger partial charge >= 0.3 is 0 Å². The van der Waals surface area contributed by atoms with Crippen LogP contribution in [-0.4, -0.2) is 33.5 Å². The smallest absolute Gasteiger partial charge is 0.122 e. The Morgan fingerprint density at radius 3 is 2.00 bits per heavy atom. The van der Waals surface area contributed by atoms with Gasteiger partial charge in [0.15, 0.2) is 0 Å². The quantitative estimate of drug-likeness (QED) is 0.486. The first kappa shape index (κ1) is 19.7. The molecule has 150 valence electrons. The maximum atomic E-state index is 5.94. The van der Waals surface area contributed by atoms with Gasteiger partial charge in [-0.05, 0) is 53.3 Å². The van der Waals surface area contributed by atoms with Gasteiger partial charge in [0.1, 0.15) is 12.4 Å². The van der Waals surface area contributed by atoms with Crippen molar-refractivity contribution in [2.75, 3.05) is 33.5 Å². The molecule has 0 aromatic heterocycles. The van der Waals surface area contributed by atoms with E-state index < -0.39 is 0 Å². The highest BCUT2D eigenvalue weighted by Crippen LogP contribution is 2.52. The molecule has 3 heteroatoms.